The molecule has 0 amide bonds. The summed E-state index contributed by atoms with van der Waals surface area (Å²) >= 11 is 11.3. The van der Waals surface area contributed by atoms with Crippen molar-refractivity contribution in [2.45, 2.75) is 6.10 Å². The van der Waals surface area contributed by atoms with E-state index in [1.807, 2.05) is 0 Å². The summed E-state index contributed by atoms with van der Waals surface area (Å²) in [6, 6.07) is 1.34. The number of carbonyl (C=O) groups excluding carboxylic acids is 1. The number of halogens is 2. The van der Waals surface area contributed by atoms with E-state index in [9.17, 15) is 9.90 Å². The summed E-state index contributed by atoms with van der Waals surface area (Å²) in [5.41, 5.74) is 0.169. The molecule has 0 aliphatic heterocycles. The van der Waals surface area contributed by atoms with Gasteiger partial charge in [-0.3, -0.25) is 0 Å². The van der Waals surface area contributed by atoms with Gasteiger partial charge in [-0.2, -0.15) is 0 Å². The number of aliphatic hydroxyl groups excluding tert-OH is 1. The summed E-state index contributed by atoms with van der Waals surface area (Å²) in [6.07, 6.45) is -0.205. The van der Waals surface area contributed by atoms with Crippen LogP contribution in [0.3, 0.4) is 0 Å². The van der Waals surface area contributed by atoms with Gasteiger partial charge in [0.05, 0.1) is 12.1 Å². The van der Waals surface area contributed by atoms with Gasteiger partial charge in [0, 0.05) is 11.8 Å². The second-order valence-electron chi connectivity index (χ2n) is 2.45. The molecule has 0 radical (unpaired) electrons. The smallest absolute Gasteiger partial charge is 0.339 e. The second-order valence-corrected chi connectivity index (χ2v) is 3.25. The Hall–Kier alpha value is -0.840. The van der Waals surface area contributed by atoms with Crippen LogP contribution in [0, 0.1) is 0 Å². The number of carbonyl (C=O) groups is 1. The lowest BCUT2D eigenvalue weighted by Crippen LogP contribution is -2.14. The molecule has 0 fully saturated rings. The third-order valence-electron chi connectivity index (χ3n) is 1.57. The van der Waals surface area contributed by atoms with Crippen LogP contribution in [0.1, 0.15) is 11.7 Å². The van der Waals surface area contributed by atoms with Crippen LogP contribution in [0.15, 0.2) is 12.3 Å². The maximum atomic E-state index is 11.0. The molecule has 1 rings (SSSR count). The Kier molecular flexibility index (Phi) is 3.69. The van der Waals surface area contributed by atoms with E-state index in [1.165, 1.54) is 19.4 Å². The first-order valence-corrected chi connectivity index (χ1v) is 4.38. The summed E-state index contributed by atoms with van der Waals surface area (Å²) in [7, 11) is 1.17. The zero-order valence-corrected chi connectivity index (χ0v) is 8.71. The van der Waals surface area contributed by atoms with Crippen LogP contribution in [0.5, 0.6) is 0 Å². The fourth-order valence-corrected chi connectivity index (χ4v) is 1.33. The van der Waals surface area contributed by atoms with Crippen molar-refractivity contribution in [2.75, 3.05) is 7.11 Å². The summed E-state index contributed by atoms with van der Waals surface area (Å²) in [4.78, 5) is 14.6. The highest BCUT2D eigenvalue weighted by Gasteiger charge is 2.21. The summed E-state index contributed by atoms with van der Waals surface area (Å²) < 4.78 is 4.34. The molecule has 0 aromatic carbocycles. The number of methoxy groups -OCH3 is 1. The number of hydrogen-bond donors (Lipinski definition) is 1. The maximum absolute atomic E-state index is 11.0. The van der Waals surface area contributed by atoms with Crippen molar-refractivity contribution in [1.82, 2.24) is 4.98 Å². The van der Waals surface area contributed by atoms with E-state index in [2.05, 4.69) is 9.72 Å². The number of rotatable bonds is 2. The topological polar surface area (TPSA) is 59.4 Å². The minimum absolute atomic E-state index is 0.169. The normalized spacial score (nSPS) is 12.3. The van der Waals surface area contributed by atoms with Crippen molar-refractivity contribution in [3.05, 3.63) is 28.0 Å². The Balaban J connectivity index is 3.01. The van der Waals surface area contributed by atoms with Gasteiger partial charge in [0.25, 0.3) is 0 Å². The minimum Gasteiger partial charge on any atom is -0.467 e. The Morgan fingerprint density at radius 1 is 1.64 bits per heavy atom. The highest BCUT2D eigenvalue weighted by molar-refractivity contribution is 6.34. The first-order valence-electron chi connectivity index (χ1n) is 3.63. The predicted molar refractivity (Wildman–Crippen MR) is 51.2 cm³/mol. The molecule has 0 aliphatic rings. The van der Waals surface area contributed by atoms with E-state index in [-0.39, 0.29) is 15.7 Å². The Bertz CT molecular complexity index is 356. The summed E-state index contributed by atoms with van der Waals surface area (Å²) in [6.45, 7) is 0. The lowest BCUT2D eigenvalue weighted by Gasteiger charge is -2.09. The number of ether oxygens (including phenoxy) is 1. The second kappa shape index (κ2) is 4.59. The number of nitrogens with zero attached hydrogens (tertiary/aromatic N) is 1. The summed E-state index contributed by atoms with van der Waals surface area (Å²) in [5, 5.41) is 9.78. The van der Waals surface area contributed by atoms with Crippen LogP contribution >= 0.6 is 23.2 Å². The van der Waals surface area contributed by atoms with Crippen LogP contribution < -0.4 is 0 Å². The quantitative estimate of drug-likeness (QED) is 0.625. The molecule has 1 aromatic heterocycles. The molecule has 14 heavy (non-hydrogen) atoms. The molecule has 1 heterocycles. The van der Waals surface area contributed by atoms with Gasteiger partial charge in [-0.25, -0.2) is 9.78 Å². The van der Waals surface area contributed by atoms with Gasteiger partial charge in [0.1, 0.15) is 5.15 Å². The van der Waals surface area contributed by atoms with Gasteiger partial charge >= 0.3 is 5.97 Å². The molecule has 1 N–H and O–H groups in total. The van der Waals surface area contributed by atoms with Crippen LogP contribution in [0.25, 0.3) is 0 Å². The minimum atomic E-state index is -1.43. The molecule has 76 valence electrons. The molecule has 0 saturated carbocycles. The third-order valence-corrected chi connectivity index (χ3v) is 2.10. The van der Waals surface area contributed by atoms with Gasteiger partial charge in [0.2, 0.25) is 0 Å². The summed E-state index contributed by atoms with van der Waals surface area (Å²) in [5.74, 6) is -0.795. The van der Waals surface area contributed by atoms with E-state index < -0.39 is 12.1 Å². The van der Waals surface area contributed by atoms with Crippen molar-refractivity contribution in [3.8, 4) is 0 Å². The van der Waals surface area contributed by atoms with Gasteiger partial charge in [0.15, 0.2) is 6.10 Å². The average molecular weight is 236 g/mol. The molecule has 0 aliphatic carbocycles. The van der Waals surface area contributed by atoms with Crippen LogP contribution in [0.2, 0.25) is 10.2 Å². The lowest BCUT2D eigenvalue weighted by atomic mass is 10.2. The molecule has 1 unspecified atom stereocenters. The molecule has 6 heteroatoms. The van der Waals surface area contributed by atoms with Crippen molar-refractivity contribution in [2.24, 2.45) is 0 Å². The van der Waals surface area contributed by atoms with Crippen molar-refractivity contribution in [3.63, 3.8) is 0 Å². The first-order chi connectivity index (χ1) is 6.56. The third kappa shape index (κ3) is 2.35. The van der Waals surface area contributed by atoms with Crippen LogP contribution in [-0.2, 0) is 9.53 Å². The van der Waals surface area contributed by atoms with Crippen LogP contribution in [-0.4, -0.2) is 23.2 Å². The number of esters is 1. The monoisotopic (exact) mass is 235 g/mol. The SMILES string of the molecule is COC(=O)C(O)c1cnc(Cl)cc1Cl. The number of hydrogen-bond acceptors (Lipinski definition) is 4. The Labute approximate surface area is 90.4 Å². The largest absolute Gasteiger partial charge is 0.467 e. The number of aliphatic hydroxyl groups is 1. The highest BCUT2D eigenvalue weighted by Crippen LogP contribution is 2.24. The van der Waals surface area contributed by atoms with Crippen molar-refractivity contribution in [1.29, 1.82) is 0 Å². The first kappa shape index (κ1) is 11.2. The zero-order chi connectivity index (χ0) is 10.7. The zero-order valence-electron chi connectivity index (χ0n) is 7.20. The van der Waals surface area contributed by atoms with Crippen molar-refractivity contribution >= 4 is 29.2 Å². The van der Waals surface area contributed by atoms with E-state index >= 15 is 0 Å². The fourth-order valence-electron chi connectivity index (χ4n) is 0.858. The molecular formula is C8H7Cl2NO3. The molecule has 4 nitrogen and oxygen atoms in total. The average Bonchev–Trinajstić information content (AvgIpc) is 2.15. The fraction of sp³-hybridized carbons (Fsp3) is 0.250. The maximum Gasteiger partial charge on any atom is 0.339 e. The number of pyridine rings is 1. The number of aromatic nitrogens is 1. The Morgan fingerprint density at radius 2 is 2.29 bits per heavy atom. The van der Waals surface area contributed by atoms with E-state index in [0.717, 1.165) is 0 Å². The molecular weight excluding hydrogens is 229 g/mol. The van der Waals surface area contributed by atoms with Crippen LogP contribution in [0.4, 0.5) is 0 Å². The van der Waals surface area contributed by atoms with Crippen molar-refractivity contribution < 1.29 is 14.6 Å². The van der Waals surface area contributed by atoms with E-state index in [1.54, 1.807) is 0 Å². The molecule has 0 bridgehead atoms. The Morgan fingerprint density at radius 3 is 2.79 bits per heavy atom. The molecule has 1 atom stereocenters. The van der Waals surface area contributed by atoms with E-state index in [0.29, 0.717) is 0 Å². The van der Waals surface area contributed by atoms with E-state index in [4.69, 9.17) is 23.2 Å². The molecule has 1 aromatic rings. The van der Waals surface area contributed by atoms with Gasteiger partial charge in [-0.15, -0.1) is 0 Å². The van der Waals surface area contributed by atoms with Gasteiger partial charge < -0.3 is 9.84 Å². The molecule has 0 saturated heterocycles. The van der Waals surface area contributed by atoms with Gasteiger partial charge in [-0.05, 0) is 6.07 Å². The highest BCUT2D eigenvalue weighted by atomic mass is 35.5. The predicted octanol–water partition coefficient (Wildman–Crippen LogP) is 1.59. The van der Waals surface area contributed by atoms with Gasteiger partial charge in [-0.1, -0.05) is 23.2 Å². The standard InChI is InChI=1S/C8H7Cl2NO3/c1-14-8(13)7(12)4-3-11-6(10)2-5(4)9/h2-3,7,12H,1H3. The lowest BCUT2D eigenvalue weighted by molar-refractivity contribution is -0.150. The molecule has 0 spiro atoms.